The molecule has 0 saturated heterocycles. The molecular formula is C19H25N3O3. The molecule has 6 nitrogen and oxygen atoms in total. The Morgan fingerprint density at radius 1 is 1.36 bits per heavy atom. The van der Waals surface area contributed by atoms with E-state index in [9.17, 15) is 4.79 Å². The number of carbonyl (C=O) groups is 1. The van der Waals surface area contributed by atoms with Crippen molar-refractivity contribution < 1.29 is 13.9 Å². The molecule has 2 heterocycles. The topological polar surface area (TPSA) is 67.6 Å². The molecule has 0 bridgehead atoms. The molecule has 0 radical (unpaired) electrons. The lowest BCUT2D eigenvalue weighted by Gasteiger charge is -2.31. The third-order valence-electron chi connectivity index (χ3n) is 4.58. The number of methoxy groups -OCH3 is 1. The summed E-state index contributed by atoms with van der Waals surface area (Å²) in [5, 5.41) is 2.83. The van der Waals surface area contributed by atoms with Crippen molar-refractivity contribution in [3.8, 4) is 0 Å². The van der Waals surface area contributed by atoms with Crippen LogP contribution in [0.1, 0.15) is 47.6 Å². The predicted octanol–water partition coefficient (Wildman–Crippen LogP) is 2.56. The van der Waals surface area contributed by atoms with Gasteiger partial charge in [0.05, 0.1) is 12.3 Å². The van der Waals surface area contributed by atoms with Crippen LogP contribution in [0, 0.1) is 0 Å². The highest BCUT2D eigenvalue weighted by molar-refractivity contribution is 5.89. The van der Waals surface area contributed by atoms with Gasteiger partial charge in [-0.05, 0) is 19.4 Å². The number of aromatic nitrogens is 1. The number of nitrogens with one attached hydrogen (secondary N) is 1. The number of fused-ring (bicyclic) bond motifs is 1. The van der Waals surface area contributed by atoms with Crippen LogP contribution in [-0.4, -0.2) is 42.1 Å². The molecule has 1 aliphatic heterocycles. The number of oxazole rings is 1. The summed E-state index contributed by atoms with van der Waals surface area (Å²) < 4.78 is 10.7. The molecule has 1 N–H and O–H groups in total. The van der Waals surface area contributed by atoms with Crippen LogP contribution >= 0.6 is 0 Å². The fourth-order valence-corrected chi connectivity index (χ4v) is 3.17. The van der Waals surface area contributed by atoms with E-state index in [1.54, 1.807) is 7.11 Å². The van der Waals surface area contributed by atoms with E-state index in [4.69, 9.17) is 9.15 Å². The molecule has 6 heteroatoms. The van der Waals surface area contributed by atoms with Crippen molar-refractivity contribution in [2.45, 2.75) is 38.9 Å². The Morgan fingerprint density at radius 3 is 2.84 bits per heavy atom. The van der Waals surface area contributed by atoms with Gasteiger partial charge in [0, 0.05) is 38.7 Å². The lowest BCUT2D eigenvalue weighted by molar-refractivity contribution is 0.0869. The Labute approximate surface area is 148 Å². The number of ether oxygens (including phenoxy) is 1. The molecule has 1 aliphatic rings. The molecule has 0 unspecified atom stereocenters. The third-order valence-corrected chi connectivity index (χ3v) is 4.58. The summed E-state index contributed by atoms with van der Waals surface area (Å²) >= 11 is 0. The maximum atomic E-state index is 12.2. The van der Waals surface area contributed by atoms with Gasteiger partial charge < -0.3 is 14.5 Å². The minimum atomic E-state index is -0.290. The first-order valence-corrected chi connectivity index (χ1v) is 8.66. The number of carbonyl (C=O) groups excluding carboxylic acids is 1. The maximum Gasteiger partial charge on any atom is 0.307 e. The van der Waals surface area contributed by atoms with Crippen LogP contribution in [-0.2, 0) is 17.7 Å². The van der Waals surface area contributed by atoms with Gasteiger partial charge in [0.1, 0.15) is 5.76 Å². The molecule has 1 aromatic heterocycles. The van der Waals surface area contributed by atoms with Crippen LogP contribution in [0.25, 0.3) is 0 Å². The summed E-state index contributed by atoms with van der Waals surface area (Å²) in [6.45, 7) is 6.11. The van der Waals surface area contributed by atoms with Gasteiger partial charge in [-0.2, -0.15) is 0 Å². The molecule has 0 saturated carbocycles. The second-order valence-corrected chi connectivity index (χ2v) is 6.53. The van der Waals surface area contributed by atoms with Crippen molar-refractivity contribution in [1.82, 2.24) is 15.2 Å². The van der Waals surface area contributed by atoms with E-state index >= 15 is 0 Å². The quantitative estimate of drug-likeness (QED) is 0.873. The Bertz CT molecular complexity index is 714. The van der Waals surface area contributed by atoms with Crippen LogP contribution in [0.2, 0.25) is 0 Å². The van der Waals surface area contributed by atoms with Gasteiger partial charge in [0.15, 0.2) is 0 Å². The number of amides is 1. The van der Waals surface area contributed by atoms with Gasteiger partial charge >= 0.3 is 5.91 Å². The van der Waals surface area contributed by atoms with Crippen molar-refractivity contribution in [2.75, 3.05) is 20.3 Å². The van der Waals surface area contributed by atoms with E-state index < -0.39 is 0 Å². The second kappa shape index (κ2) is 7.80. The molecule has 134 valence electrons. The average Bonchev–Trinajstić information content (AvgIpc) is 3.05. The van der Waals surface area contributed by atoms with Crippen molar-refractivity contribution in [3.63, 3.8) is 0 Å². The zero-order chi connectivity index (χ0) is 17.8. The molecule has 2 aromatic rings. The average molecular weight is 343 g/mol. The summed E-state index contributed by atoms with van der Waals surface area (Å²) in [4.78, 5) is 19.0. The number of hydrogen-bond donors (Lipinski definition) is 1. The van der Waals surface area contributed by atoms with Gasteiger partial charge in [0.2, 0.25) is 0 Å². The van der Waals surface area contributed by atoms with Crippen LogP contribution in [0.3, 0.4) is 0 Å². The summed E-state index contributed by atoms with van der Waals surface area (Å²) in [5.41, 5.74) is 2.14. The molecule has 1 aromatic carbocycles. The standard InChI is InChI=1S/C19H25N3O3/c1-13(12-24-3)20-18(23)19-21-16-11-22(10-9-17(16)25-19)14(2)15-7-5-4-6-8-15/h4-8,13-14H,9-12H2,1-3H3,(H,20,23)/t13-,14-/m1/s1. The molecule has 25 heavy (non-hydrogen) atoms. The molecule has 0 spiro atoms. The van der Waals surface area contributed by atoms with Crippen molar-refractivity contribution in [3.05, 3.63) is 53.2 Å². The molecule has 3 rings (SSSR count). The highest BCUT2D eigenvalue weighted by atomic mass is 16.5. The van der Waals surface area contributed by atoms with Gasteiger partial charge in [-0.3, -0.25) is 9.69 Å². The van der Waals surface area contributed by atoms with Gasteiger partial charge in [-0.1, -0.05) is 30.3 Å². The number of rotatable bonds is 6. The molecule has 2 atom stereocenters. The largest absolute Gasteiger partial charge is 0.437 e. The smallest absolute Gasteiger partial charge is 0.307 e. The highest BCUT2D eigenvalue weighted by Gasteiger charge is 2.27. The third kappa shape index (κ3) is 4.08. The zero-order valence-electron chi connectivity index (χ0n) is 15.0. The Balaban J connectivity index is 1.68. The van der Waals surface area contributed by atoms with Crippen molar-refractivity contribution in [2.24, 2.45) is 0 Å². The van der Waals surface area contributed by atoms with Crippen LogP contribution in [0.4, 0.5) is 0 Å². The van der Waals surface area contributed by atoms with Crippen LogP contribution < -0.4 is 5.32 Å². The van der Waals surface area contributed by atoms with Gasteiger partial charge in [0.25, 0.3) is 5.89 Å². The van der Waals surface area contributed by atoms with E-state index in [1.807, 2.05) is 13.0 Å². The molecule has 0 fully saturated rings. The lowest BCUT2D eigenvalue weighted by Crippen LogP contribution is -2.35. The Kier molecular flexibility index (Phi) is 5.50. The first-order chi connectivity index (χ1) is 12.1. The fourth-order valence-electron chi connectivity index (χ4n) is 3.17. The van der Waals surface area contributed by atoms with E-state index in [0.29, 0.717) is 19.2 Å². The maximum absolute atomic E-state index is 12.2. The van der Waals surface area contributed by atoms with E-state index in [0.717, 1.165) is 24.4 Å². The summed E-state index contributed by atoms with van der Waals surface area (Å²) in [6, 6.07) is 10.6. The number of hydrogen-bond acceptors (Lipinski definition) is 5. The van der Waals surface area contributed by atoms with Crippen molar-refractivity contribution >= 4 is 5.91 Å². The van der Waals surface area contributed by atoms with E-state index in [2.05, 4.69) is 46.4 Å². The monoisotopic (exact) mass is 343 g/mol. The molecule has 1 amide bonds. The van der Waals surface area contributed by atoms with E-state index in [1.165, 1.54) is 5.56 Å². The van der Waals surface area contributed by atoms with Crippen molar-refractivity contribution in [1.29, 1.82) is 0 Å². The van der Waals surface area contributed by atoms with Crippen LogP contribution in [0.15, 0.2) is 34.7 Å². The summed E-state index contributed by atoms with van der Waals surface area (Å²) in [5.74, 6) is 0.671. The van der Waals surface area contributed by atoms with E-state index in [-0.39, 0.29) is 17.8 Å². The molecule has 0 aliphatic carbocycles. The number of nitrogens with zero attached hydrogens (tertiary/aromatic N) is 2. The SMILES string of the molecule is COC[C@@H](C)NC(=O)c1nc2c(o1)CCN([C@H](C)c1ccccc1)C2. The first-order valence-electron chi connectivity index (χ1n) is 8.66. The zero-order valence-corrected chi connectivity index (χ0v) is 15.0. The van der Waals surface area contributed by atoms with Crippen LogP contribution in [0.5, 0.6) is 0 Å². The first kappa shape index (κ1) is 17.6. The normalized spacial score (nSPS) is 16.9. The molecular weight excluding hydrogens is 318 g/mol. The lowest BCUT2D eigenvalue weighted by atomic mass is 10.0. The number of benzene rings is 1. The second-order valence-electron chi connectivity index (χ2n) is 6.53. The fraction of sp³-hybridized carbons (Fsp3) is 0.474. The summed E-state index contributed by atoms with van der Waals surface area (Å²) in [6.07, 6.45) is 0.764. The minimum absolute atomic E-state index is 0.0870. The Morgan fingerprint density at radius 2 is 2.12 bits per heavy atom. The summed E-state index contributed by atoms with van der Waals surface area (Å²) in [7, 11) is 1.61. The van der Waals surface area contributed by atoms with Gasteiger partial charge in [-0.25, -0.2) is 4.98 Å². The minimum Gasteiger partial charge on any atom is -0.437 e. The highest BCUT2D eigenvalue weighted by Crippen LogP contribution is 2.27. The predicted molar refractivity (Wildman–Crippen MR) is 94.3 cm³/mol. The van der Waals surface area contributed by atoms with Gasteiger partial charge in [-0.15, -0.1) is 0 Å². The Hall–Kier alpha value is -2.18.